The zero-order valence-corrected chi connectivity index (χ0v) is 15.5. The van der Waals surface area contributed by atoms with Crippen LogP contribution in [0.25, 0.3) is 16.6 Å². The van der Waals surface area contributed by atoms with E-state index in [2.05, 4.69) is 20.6 Å². The largest absolute Gasteiger partial charge is 0.341 e. The first-order valence-electron chi connectivity index (χ1n) is 8.12. The van der Waals surface area contributed by atoms with Crippen molar-refractivity contribution < 1.29 is 9.59 Å². The predicted octanol–water partition coefficient (Wildman–Crippen LogP) is 1.72. The maximum Gasteiger partial charge on any atom is 0.321 e. The van der Waals surface area contributed by atoms with Crippen molar-refractivity contribution in [1.29, 1.82) is 0 Å². The Bertz CT molecular complexity index is 1050. The molecule has 0 aliphatic carbocycles. The number of aromatic nitrogens is 3. The molecule has 8 nitrogen and oxygen atoms in total. The Balaban J connectivity index is 2.07. The number of imide groups is 1. The number of thioether (sulfide) groups is 1. The van der Waals surface area contributed by atoms with E-state index in [1.54, 1.807) is 55.7 Å². The molecule has 0 saturated carbocycles. The second kappa shape index (κ2) is 8.00. The van der Waals surface area contributed by atoms with Crippen molar-refractivity contribution in [1.82, 2.24) is 25.2 Å². The lowest BCUT2D eigenvalue weighted by Crippen LogP contribution is -2.41. The van der Waals surface area contributed by atoms with Crippen LogP contribution >= 0.6 is 11.8 Å². The van der Waals surface area contributed by atoms with E-state index < -0.39 is 17.2 Å². The van der Waals surface area contributed by atoms with Crippen molar-refractivity contribution in [3.63, 3.8) is 0 Å². The number of para-hydroxylation sites is 1. The molecule has 0 aliphatic rings. The first-order chi connectivity index (χ1) is 13.0. The average Bonchev–Trinajstić information content (AvgIpc) is 2.68. The monoisotopic (exact) mass is 383 g/mol. The van der Waals surface area contributed by atoms with E-state index in [4.69, 9.17) is 0 Å². The summed E-state index contributed by atoms with van der Waals surface area (Å²) < 4.78 is 1.42. The van der Waals surface area contributed by atoms with Crippen molar-refractivity contribution in [3.8, 4) is 5.69 Å². The second-order valence-corrected chi connectivity index (χ2v) is 6.90. The molecule has 138 valence electrons. The maximum absolute atomic E-state index is 13.0. The van der Waals surface area contributed by atoms with Gasteiger partial charge in [0.15, 0.2) is 5.16 Å². The van der Waals surface area contributed by atoms with Crippen LogP contribution in [-0.2, 0) is 4.79 Å². The number of carbonyl (C=O) groups excluding carboxylic acids is 2. The molecule has 0 fully saturated rings. The van der Waals surface area contributed by atoms with Gasteiger partial charge in [-0.3, -0.25) is 24.5 Å². The number of rotatable bonds is 4. The first-order valence-corrected chi connectivity index (χ1v) is 9.00. The van der Waals surface area contributed by atoms with Crippen LogP contribution in [0.4, 0.5) is 4.79 Å². The van der Waals surface area contributed by atoms with Crippen LogP contribution in [-0.4, -0.2) is 38.8 Å². The van der Waals surface area contributed by atoms with Crippen LogP contribution in [0, 0.1) is 0 Å². The minimum Gasteiger partial charge on any atom is -0.341 e. The standard InChI is InChI=1S/C18H17N5O3S/c1-11(15(24)22-17(26)19-2)27-18-21-14-8-4-3-7-13(14)16(25)23(18)12-6-5-9-20-10-12/h3-11H,1-2H3,(H2,19,22,24,26)/t11-/m1/s1. The topological polar surface area (TPSA) is 106 Å². The number of pyridine rings is 1. The highest BCUT2D eigenvalue weighted by atomic mass is 32.2. The molecule has 1 atom stereocenters. The summed E-state index contributed by atoms with van der Waals surface area (Å²) in [6.45, 7) is 1.64. The second-order valence-electron chi connectivity index (χ2n) is 5.59. The lowest BCUT2D eigenvalue weighted by Gasteiger charge is -2.15. The summed E-state index contributed by atoms with van der Waals surface area (Å²) in [4.78, 5) is 45.2. The molecule has 3 aromatic rings. The highest BCUT2D eigenvalue weighted by Gasteiger charge is 2.21. The molecule has 3 amide bonds. The summed E-state index contributed by atoms with van der Waals surface area (Å²) in [5.41, 5.74) is 0.821. The molecule has 2 N–H and O–H groups in total. The number of fused-ring (bicyclic) bond motifs is 1. The van der Waals surface area contributed by atoms with E-state index >= 15 is 0 Å². The average molecular weight is 383 g/mol. The molecular weight excluding hydrogens is 366 g/mol. The lowest BCUT2D eigenvalue weighted by atomic mass is 10.2. The van der Waals surface area contributed by atoms with E-state index in [9.17, 15) is 14.4 Å². The van der Waals surface area contributed by atoms with Crippen molar-refractivity contribution in [2.24, 2.45) is 0 Å². The maximum atomic E-state index is 13.0. The van der Waals surface area contributed by atoms with Gasteiger partial charge >= 0.3 is 6.03 Å². The Morgan fingerprint density at radius 1 is 1.19 bits per heavy atom. The minimum absolute atomic E-state index is 0.255. The number of nitrogens with one attached hydrogen (secondary N) is 2. The molecule has 2 heterocycles. The number of carbonyl (C=O) groups is 2. The summed E-state index contributed by atoms with van der Waals surface area (Å²) in [5.74, 6) is -0.487. The Kier molecular flexibility index (Phi) is 5.51. The molecule has 1 aromatic carbocycles. The summed E-state index contributed by atoms with van der Waals surface area (Å²) in [5, 5.41) is 4.70. The Morgan fingerprint density at radius 2 is 1.96 bits per heavy atom. The summed E-state index contributed by atoms with van der Waals surface area (Å²) in [6, 6.07) is 9.86. The van der Waals surface area contributed by atoms with E-state index in [-0.39, 0.29) is 5.56 Å². The highest BCUT2D eigenvalue weighted by Crippen LogP contribution is 2.24. The third-order valence-electron chi connectivity index (χ3n) is 3.76. The smallest absolute Gasteiger partial charge is 0.321 e. The van der Waals surface area contributed by atoms with Gasteiger partial charge in [0.2, 0.25) is 5.91 Å². The van der Waals surface area contributed by atoms with Gasteiger partial charge in [-0.25, -0.2) is 9.78 Å². The van der Waals surface area contributed by atoms with Gasteiger partial charge in [0.25, 0.3) is 5.56 Å². The summed E-state index contributed by atoms with van der Waals surface area (Å²) in [6.07, 6.45) is 3.16. The molecule has 3 rings (SSSR count). The van der Waals surface area contributed by atoms with E-state index in [1.165, 1.54) is 11.6 Å². The van der Waals surface area contributed by atoms with Gasteiger partial charge in [0.1, 0.15) is 0 Å². The number of nitrogens with zero attached hydrogens (tertiary/aromatic N) is 3. The number of amides is 3. The number of hydrogen-bond acceptors (Lipinski definition) is 6. The zero-order valence-electron chi connectivity index (χ0n) is 14.7. The predicted molar refractivity (Wildman–Crippen MR) is 103 cm³/mol. The van der Waals surface area contributed by atoms with Gasteiger partial charge in [-0.2, -0.15) is 0 Å². The van der Waals surface area contributed by atoms with Gasteiger partial charge in [0.05, 0.1) is 28.0 Å². The molecule has 0 radical (unpaired) electrons. The van der Waals surface area contributed by atoms with Crippen LogP contribution in [0.1, 0.15) is 6.92 Å². The van der Waals surface area contributed by atoms with Crippen LogP contribution < -0.4 is 16.2 Å². The quantitative estimate of drug-likeness (QED) is 0.525. The van der Waals surface area contributed by atoms with Gasteiger partial charge in [0, 0.05) is 13.2 Å². The van der Waals surface area contributed by atoms with Gasteiger partial charge in [-0.05, 0) is 31.2 Å². The zero-order chi connectivity index (χ0) is 19.4. The minimum atomic E-state index is -0.654. The SMILES string of the molecule is CNC(=O)NC(=O)[C@@H](C)Sc1nc2ccccc2c(=O)n1-c1cccnc1. The number of urea groups is 1. The van der Waals surface area contributed by atoms with Crippen LogP contribution in [0.2, 0.25) is 0 Å². The molecule has 0 aliphatic heterocycles. The molecule has 0 unspecified atom stereocenters. The Labute approximate surface area is 159 Å². The normalized spacial score (nSPS) is 11.8. The van der Waals surface area contributed by atoms with Crippen molar-refractivity contribution in [3.05, 3.63) is 59.1 Å². The van der Waals surface area contributed by atoms with Crippen LogP contribution in [0.5, 0.6) is 0 Å². The fraction of sp³-hybridized carbons (Fsp3) is 0.167. The fourth-order valence-corrected chi connectivity index (χ4v) is 3.32. The van der Waals surface area contributed by atoms with E-state index in [0.29, 0.717) is 21.7 Å². The van der Waals surface area contributed by atoms with Crippen molar-refractivity contribution >= 4 is 34.6 Å². The molecule has 0 spiro atoms. The number of hydrogen-bond donors (Lipinski definition) is 2. The first kappa shape index (κ1) is 18.6. The van der Waals surface area contributed by atoms with Gasteiger partial charge in [-0.15, -0.1) is 0 Å². The van der Waals surface area contributed by atoms with E-state index in [0.717, 1.165) is 11.8 Å². The fourth-order valence-electron chi connectivity index (χ4n) is 2.39. The van der Waals surface area contributed by atoms with E-state index in [1.807, 2.05) is 0 Å². The molecule has 27 heavy (non-hydrogen) atoms. The third kappa shape index (κ3) is 3.98. The summed E-state index contributed by atoms with van der Waals surface area (Å²) in [7, 11) is 1.42. The lowest BCUT2D eigenvalue weighted by molar-refractivity contribution is -0.119. The van der Waals surface area contributed by atoms with Gasteiger partial charge < -0.3 is 5.32 Å². The third-order valence-corrected chi connectivity index (χ3v) is 4.82. The molecule has 0 bridgehead atoms. The highest BCUT2D eigenvalue weighted by molar-refractivity contribution is 8.00. The van der Waals surface area contributed by atoms with Crippen molar-refractivity contribution in [2.45, 2.75) is 17.3 Å². The Morgan fingerprint density at radius 3 is 2.67 bits per heavy atom. The van der Waals surface area contributed by atoms with Gasteiger partial charge in [-0.1, -0.05) is 23.9 Å². The molecule has 0 saturated heterocycles. The molecule has 9 heteroatoms. The molecule has 2 aromatic heterocycles. The van der Waals surface area contributed by atoms with Crippen molar-refractivity contribution in [2.75, 3.05) is 7.05 Å². The summed E-state index contributed by atoms with van der Waals surface area (Å²) >= 11 is 1.09. The number of benzene rings is 1. The van der Waals surface area contributed by atoms with Crippen LogP contribution in [0.3, 0.4) is 0 Å². The van der Waals surface area contributed by atoms with Crippen LogP contribution in [0.15, 0.2) is 58.7 Å². The molecular formula is C18H17N5O3S. The Hall–Kier alpha value is -3.20.